The van der Waals surface area contributed by atoms with Crippen LogP contribution in [0.15, 0.2) is 24.3 Å². The lowest BCUT2D eigenvalue weighted by atomic mass is 10.1. The smallest absolute Gasteiger partial charge is 0.253 e. The second-order valence-corrected chi connectivity index (χ2v) is 5.32. The fraction of sp³-hybridized carbons (Fsp3) is 0.353. The minimum Gasteiger partial charge on any atom is -0.337 e. The lowest BCUT2D eigenvalue weighted by Gasteiger charge is -2.18. The van der Waals surface area contributed by atoms with Crippen molar-refractivity contribution in [2.24, 2.45) is 0 Å². The van der Waals surface area contributed by atoms with Crippen LogP contribution in [0.3, 0.4) is 0 Å². The minimum absolute atomic E-state index is 0.0971. The summed E-state index contributed by atoms with van der Waals surface area (Å²) in [5, 5.41) is 13.4. The molecule has 1 heterocycles. The molecule has 2 aromatic rings. The van der Waals surface area contributed by atoms with Gasteiger partial charge in [-0.1, -0.05) is 6.07 Å². The summed E-state index contributed by atoms with van der Waals surface area (Å²) in [6, 6.07) is 8.82. The quantitative estimate of drug-likeness (QED) is 0.871. The van der Waals surface area contributed by atoms with Gasteiger partial charge in [0, 0.05) is 37.0 Å². The van der Waals surface area contributed by atoms with Crippen LogP contribution in [-0.4, -0.2) is 27.6 Å². The normalized spacial score (nSPS) is 10.3. The summed E-state index contributed by atoms with van der Waals surface area (Å²) in [4.78, 5) is 14.2. The van der Waals surface area contributed by atoms with Crippen LogP contribution in [0, 0.1) is 25.2 Å². The van der Waals surface area contributed by atoms with E-state index in [0.717, 1.165) is 23.5 Å². The third kappa shape index (κ3) is 3.01. The van der Waals surface area contributed by atoms with Crippen molar-refractivity contribution in [3.63, 3.8) is 0 Å². The van der Waals surface area contributed by atoms with Gasteiger partial charge in [-0.15, -0.1) is 0 Å². The number of rotatable bonds is 4. The molecule has 5 heteroatoms. The summed E-state index contributed by atoms with van der Waals surface area (Å²) in [6.45, 7) is 7.35. The van der Waals surface area contributed by atoms with Gasteiger partial charge in [0.05, 0.1) is 17.3 Å². The highest BCUT2D eigenvalue weighted by Gasteiger charge is 2.17. The van der Waals surface area contributed by atoms with Gasteiger partial charge in [0.15, 0.2) is 0 Å². The van der Waals surface area contributed by atoms with E-state index in [4.69, 9.17) is 5.26 Å². The molecular formula is C17H20N4O. The van der Waals surface area contributed by atoms with Gasteiger partial charge < -0.3 is 4.90 Å². The molecular weight excluding hydrogens is 276 g/mol. The predicted octanol–water partition coefficient (Wildman–Crippen LogP) is 2.66. The van der Waals surface area contributed by atoms with E-state index in [1.165, 1.54) is 0 Å². The zero-order valence-electron chi connectivity index (χ0n) is 13.4. The summed E-state index contributed by atoms with van der Waals surface area (Å²) in [7, 11) is 1.77. The van der Waals surface area contributed by atoms with Crippen molar-refractivity contribution in [1.82, 2.24) is 14.7 Å². The number of amides is 1. The first-order valence-electron chi connectivity index (χ1n) is 7.26. The zero-order valence-corrected chi connectivity index (χ0v) is 13.4. The molecule has 0 aliphatic rings. The molecule has 0 fully saturated rings. The van der Waals surface area contributed by atoms with Crippen molar-refractivity contribution < 1.29 is 4.79 Å². The average molecular weight is 296 g/mol. The van der Waals surface area contributed by atoms with E-state index < -0.39 is 0 Å². The van der Waals surface area contributed by atoms with Gasteiger partial charge in [0.25, 0.3) is 5.91 Å². The second-order valence-electron chi connectivity index (χ2n) is 5.32. The number of aromatic nitrogens is 2. The molecule has 0 unspecified atom stereocenters. The molecule has 0 atom stereocenters. The molecule has 2 rings (SSSR count). The molecule has 1 aromatic carbocycles. The van der Waals surface area contributed by atoms with Crippen LogP contribution >= 0.6 is 0 Å². The lowest BCUT2D eigenvalue weighted by Crippen LogP contribution is -2.26. The fourth-order valence-electron chi connectivity index (χ4n) is 2.52. The highest BCUT2D eigenvalue weighted by Crippen LogP contribution is 2.16. The van der Waals surface area contributed by atoms with Gasteiger partial charge in [-0.25, -0.2) is 0 Å². The summed E-state index contributed by atoms with van der Waals surface area (Å²) in [6.07, 6.45) is 0. The molecule has 0 N–H and O–H groups in total. The predicted molar refractivity (Wildman–Crippen MR) is 84.3 cm³/mol. The molecule has 0 bridgehead atoms. The molecule has 0 spiro atoms. The van der Waals surface area contributed by atoms with Crippen LogP contribution in [0.25, 0.3) is 0 Å². The first kappa shape index (κ1) is 15.8. The number of hydrogen-bond donors (Lipinski definition) is 0. The summed E-state index contributed by atoms with van der Waals surface area (Å²) >= 11 is 0. The number of nitrogens with zero attached hydrogens (tertiary/aromatic N) is 4. The molecule has 1 amide bonds. The Balaban J connectivity index is 2.22. The number of carbonyl (C=O) groups is 1. The van der Waals surface area contributed by atoms with Gasteiger partial charge >= 0.3 is 0 Å². The Morgan fingerprint density at radius 3 is 2.73 bits per heavy atom. The molecule has 5 nitrogen and oxygen atoms in total. The Kier molecular flexibility index (Phi) is 4.62. The zero-order chi connectivity index (χ0) is 16.3. The van der Waals surface area contributed by atoms with Gasteiger partial charge in [0.1, 0.15) is 0 Å². The van der Waals surface area contributed by atoms with E-state index in [0.29, 0.717) is 17.7 Å². The van der Waals surface area contributed by atoms with E-state index in [1.807, 2.05) is 25.5 Å². The maximum Gasteiger partial charge on any atom is 0.253 e. The van der Waals surface area contributed by atoms with Crippen molar-refractivity contribution in [2.75, 3.05) is 7.05 Å². The summed E-state index contributed by atoms with van der Waals surface area (Å²) in [5.41, 5.74) is 4.13. The lowest BCUT2D eigenvalue weighted by molar-refractivity contribution is 0.0784. The third-order valence-corrected chi connectivity index (χ3v) is 3.81. The van der Waals surface area contributed by atoms with Gasteiger partial charge in [-0.2, -0.15) is 10.4 Å². The second kappa shape index (κ2) is 6.44. The van der Waals surface area contributed by atoms with Crippen molar-refractivity contribution in [3.8, 4) is 6.07 Å². The molecule has 114 valence electrons. The highest BCUT2D eigenvalue weighted by molar-refractivity contribution is 5.94. The van der Waals surface area contributed by atoms with Gasteiger partial charge in [0.2, 0.25) is 0 Å². The van der Waals surface area contributed by atoms with Gasteiger partial charge in [-0.05, 0) is 39.0 Å². The molecule has 1 aromatic heterocycles. The largest absolute Gasteiger partial charge is 0.337 e. The number of aryl methyl sites for hydroxylation is 2. The van der Waals surface area contributed by atoms with Crippen LogP contribution in [0.1, 0.15) is 39.8 Å². The van der Waals surface area contributed by atoms with Crippen LogP contribution in [0.4, 0.5) is 0 Å². The van der Waals surface area contributed by atoms with E-state index >= 15 is 0 Å². The maximum atomic E-state index is 12.5. The first-order valence-corrected chi connectivity index (χ1v) is 7.26. The average Bonchev–Trinajstić information content (AvgIpc) is 2.81. The van der Waals surface area contributed by atoms with Crippen LogP contribution in [0.5, 0.6) is 0 Å². The molecule has 22 heavy (non-hydrogen) atoms. The van der Waals surface area contributed by atoms with Crippen LogP contribution < -0.4 is 0 Å². The fourth-order valence-corrected chi connectivity index (χ4v) is 2.52. The molecule has 0 aliphatic heterocycles. The monoisotopic (exact) mass is 296 g/mol. The highest BCUT2D eigenvalue weighted by atomic mass is 16.2. The standard InChI is InChI=1S/C17H20N4O/c1-5-21-13(3)16(12(2)19-21)11-20(4)17(22)15-8-6-7-14(9-15)10-18/h6-9H,5,11H2,1-4H3. The van der Waals surface area contributed by atoms with E-state index in [1.54, 1.807) is 36.2 Å². The summed E-state index contributed by atoms with van der Waals surface area (Å²) in [5.74, 6) is -0.0971. The topological polar surface area (TPSA) is 61.9 Å². The first-order chi connectivity index (χ1) is 10.5. The number of nitriles is 1. The van der Waals surface area contributed by atoms with Crippen molar-refractivity contribution >= 4 is 5.91 Å². The number of hydrogen-bond acceptors (Lipinski definition) is 3. The molecule has 0 saturated heterocycles. The van der Waals surface area contributed by atoms with Crippen LogP contribution in [-0.2, 0) is 13.1 Å². The summed E-state index contributed by atoms with van der Waals surface area (Å²) < 4.78 is 1.94. The maximum absolute atomic E-state index is 12.5. The Labute approximate surface area is 130 Å². The Morgan fingerprint density at radius 1 is 1.41 bits per heavy atom. The number of carbonyl (C=O) groups excluding carboxylic acids is 1. The molecule has 0 saturated carbocycles. The Morgan fingerprint density at radius 2 is 2.14 bits per heavy atom. The molecule has 0 aliphatic carbocycles. The van der Waals surface area contributed by atoms with E-state index in [-0.39, 0.29) is 5.91 Å². The van der Waals surface area contributed by atoms with E-state index in [2.05, 4.69) is 11.2 Å². The van der Waals surface area contributed by atoms with E-state index in [9.17, 15) is 4.79 Å². The van der Waals surface area contributed by atoms with Crippen molar-refractivity contribution in [3.05, 3.63) is 52.3 Å². The SMILES string of the molecule is CCn1nc(C)c(CN(C)C(=O)c2cccc(C#N)c2)c1C. The molecule has 0 radical (unpaired) electrons. The van der Waals surface area contributed by atoms with Crippen molar-refractivity contribution in [2.45, 2.75) is 33.9 Å². The third-order valence-electron chi connectivity index (χ3n) is 3.81. The minimum atomic E-state index is -0.0971. The number of benzene rings is 1. The van der Waals surface area contributed by atoms with Crippen molar-refractivity contribution in [1.29, 1.82) is 5.26 Å². The van der Waals surface area contributed by atoms with Gasteiger partial charge in [-0.3, -0.25) is 9.48 Å². The Bertz CT molecular complexity index is 740. The Hall–Kier alpha value is -2.61. The van der Waals surface area contributed by atoms with Crippen LogP contribution in [0.2, 0.25) is 0 Å².